The predicted molar refractivity (Wildman–Crippen MR) is 86.3 cm³/mol. The normalized spacial score (nSPS) is 10.8. The fraction of sp³-hybridized carbons (Fsp3) is 0.500. The van der Waals surface area contributed by atoms with E-state index < -0.39 is 11.7 Å². The maximum absolute atomic E-state index is 11.4. The average Bonchev–Trinajstić information content (AvgIpc) is 2.36. The van der Waals surface area contributed by atoms with Gasteiger partial charge in [-0.3, -0.25) is 0 Å². The lowest BCUT2D eigenvalue weighted by molar-refractivity contribution is 0.0529. The largest absolute Gasteiger partial charge is 0.444 e. The van der Waals surface area contributed by atoms with E-state index in [-0.39, 0.29) is 0 Å². The van der Waals surface area contributed by atoms with Crippen LogP contribution in [-0.2, 0) is 4.74 Å². The summed E-state index contributed by atoms with van der Waals surface area (Å²) in [5.41, 5.74) is 1.84. The number of benzene rings is 1. The van der Waals surface area contributed by atoms with Crippen molar-refractivity contribution in [3.8, 4) is 11.8 Å². The maximum atomic E-state index is 11.4. The molecule has 0 unspecified atom stereocenters. The van der Waals surface area contributed by atoms with Gasteiger partial charge in [-0.1, -0.05) is 37.8 Å². The molecule has 114 valence electrons. The Labute approximate surface area is 128 Å². The van der Waals surface area contributed by atoms with Crippen LogP contribution >= 0.6 is 0 Å². The first-order chi connectivity index (χ1) is 9.78. The Hall–Kier alpha value is -1.95. The van der Waals surface area contributed by atoms with E-state index in [0.717, 1.165) is 5.56 Å². The lowest BCUT2D eigenvalue weighted by atomic mass is 10.0. The summed E-state index contributed by atoms with van der Waals surface area (Å²) in [4.78, 5) is 11.4. The Bertz CT molecular complexity index is 513. The minimum absolute atomic E-state index is 0.398. The molecule has 3 nitrogen and oxygen atoms in total. The summed E-state index contributed by atoms with van der Waals surface area (Å²) < 4.78 is 5.14. The van der Waals surface area contributed by atoms with Gasteiger partial charge < -0.3 is 10.1 Å². The lowest BCUT2D eigenvalue weighted by Gasteiger charge is -2.19. The highest BCUT2D eigenvalue weighted by atomic mass is 16.6. The molecule has 0 saturated carbocycles. The molecule has 0 radical (unpaired) electrons. The van der Waals surface area contributed by atoms with Crippen LogP contribution in [0.5, 0.6) is 0 Å². The van der Waals surface area contributed by atoms with Crippen LogP contribution in [0, 0.1) is 11.8 Å². The van der Waals surface area contributed by atoms with Crippen molar-refractivity contribution in [2.45, 2.75) is 52.6 Å². The summed E-state index contributed by atoms with van der Waals surface area (Å²) in [7, 11) is 0. The number of amides is 1. The van der Waals surface area contributed by atoms with Crippen LogP contribution in [0.25, 0.3) is 0 Å². The number of nitrogens with one attached hydrogen (secondary N) is 1. The SMILES string of the molecule is CC(C)c1ccc(C#CCCNC(=O)OC(C)(C)C)cc1. The molecular weight excluding hydrogens is 262 g/mol. The van der Waals surface area contributed by atoms with E-state index in [9.17, 15) is 4.79 Å². The number of carbonyl (C=O) groups is 1. The van der Waals surface area contributed by atoms with Crippen molar-refractivity contribution < 1.29 is 9.53 Å². The molecule has 0 heterocycles. The highest BCUT2D eigenvalue weighted by Gasteiger charge is 2.15. The van der Waals surface area contributed by atoms with E-state index in [1.54, 1.807) is 0 Å². The van der Waals surface area contributed by atoms with E-state index >= 15 is 0 Å². The van der Waals surface area contributed by atoms with Crippen LogP contribution in [0.1, 0.15) is 58.1 Å². The Morgan fingerprint density at radius 1 is 1.24 bits per heavy atom. The molecule has 0 aromatic heterocycles. The molecule has 0 aliphatic heterocycles. The second kappa shape index (κ2) is 7.73. The van der Waals surface area contributed by atoms with Gasteiger partial charge in [0, 0.05) is 18.5 Å². The summed E-state index contributed by atoms with van der Waals surface area (Å²) in [6, 6.07) is 8.27. The van der Waals surface area contributed by atoms with Gasteiger partial charge in [-0.05, 0) is 44.4 Å². The lowest BCUT2D eigenvalue weighted by Crippen LogP contribution is -2.32. The van der Waals surface area contributed by atoms with Gasteiger partial charge in [-0.25, -0.2) is 4.79 Å². The summed E-state index contributed by atoms with van der Waals surface area (Å²) in [5.74, 6) is 6.67. The predicted octanol–water partition coefficient (Wildman–Crippen LogP) is 4.08. The molecule has 1 amide bonds. The number of ether oxygens (including phenoxy) is 1. The molecule has 1 aromatic rings. The van der Waals surface area contributed by atoms with Crippen molar-refractivity contribution >= 4 is 6.09 Å². The third kappa shape index (κ3) is 7.41. The summed E-state index contributed by atoms with van der Waals surface area (Å²) >= 11 is 0. The molecule has 0 spiro atoms. The Balaban J connectivity index is 2.35. The van der Waals surface area contributed by atoms with E-state index in [0.29, 0.717) is 18.9 Å². The first-order valence-corrected chi connectivity index (χ1v) is 7.33. The topological polar surface area (TPSA) is 38.3 Å². The standard InChI is InChI=1S/C18H25NO2/c1-14(2)16-11-9-15(10-12-16)8-6-7-13-19-17(20)21-18(3,4)5/h9-12,14H,7,13H2,1-5H3,(H,19,20). The number of carbonyl (C=O) groups excluding carboxylic acids is 1. The third-order valence-corrected chi connectivity index (χ3v) is 2.73. The molecule has 1 rings (SSSR count). The van der Waals surface area contributed by atoms with Gasteiger partial charge in [0.25, 0.3) is 0 Å². The van der Waals surface area contributed by atoms with Gasteiger partial charge in [0.1, 0.15) is 5.60 Å². The molecule has 0 fully saturated rings. The second-order valence-corrected chi connectivity index (χ2v) is 6.26. The Morgan fingerprint density at radius 3 is 2.38 bits per heavy atom. The van der Waals surface area contributed by atoms with Crippen LogP contribution in [0.4, 0.5) is 4.79 Å². The monoisotopic (exact) mass is 287 g/mol. The van der Waals surface area contributed by atoms with Gasteiger partial charge in [-0.2, -0.15) is 0 Å². The van der Waals surface area contributed by atoms with Crippen LogP contribution in [0.3, 0.4) is 0 Å². The van der Waals surface area contributed by atoms with Gasteiger partial charge in [-0.15, -0.1) is 0 Å². The molecule has 1 aromatic carbocycles. The molecule has 3 heteroatoms. The molecule has 0 saturated heterocycles. The van der Waals surface area contributed by atoms with Crippen LogP contribution in [0.2, 0.25) is 0 Å². The fourth-order valence-corrected chi connectivity index (χ4v) is 1.66. The zero-order valence-electron chi connectivity index (χ0n) is 13.6. The van der Waals surface area contributed by atoms with Gasteiger partial charge in [0.05, 0.1) is 0 Å². The number of hydrogen-bond donors (Lipinski definition) is 1. The third-order valence-electron chi connectivity index (χ3n) is 2.73. The minimum Gasteiger partial charge on any atom is -0.444 e. The molecule has 0 atom stereocenters. The smallest absolute Gasteiger partial charge is 0.407 e. The first-order valence-electron chi connectivity index (χ1n) is 7.33. The quantitative estimate of drug-likeness (QED) is 0.672. The zero-order valence-corrected chi connectivity index (χ0v) is 13.6. The minimum atomic E-state index is -0.464. The summed E-state index contributed by atoms with van der Waals surface area (Å²) in [5, 5.41) is 2.69. The molecule has 21 heavy (non-hydrogen) atoms. The van der Waals surface area contributed by atoms with E-state index in [1.165, 1.54) is 5.56 Å². The number of alkyl carbamates (subject to hydrolysis) is 1. The molecule has 0 aliphatic rings. The van der Waals surface area contributed by atoms with Crippen LogP contribution in [-0.4, -0.2) is 18.2 Å². The molecule has 0 bridgehead atoms. The highest BCUT2D eigenvalue weighted by molar-refractivity contribution is 5.67. The van der Waals surface area contributed by atoms with E-state index in [1.807, 2.05) is 32.9 Å². The van der Waals surface area contributed by atoms with Gasteiger partial charge in [0.15, 0.2) is 0 Å². The van der Waals surface area contributed by atoms with Crippen molar-refractivity contribution in [1.29, 1.82) is 0 Å². The van der Waals surface area contributed by atoms with Crippen molar-refractivity contribution in [2.75, 3.05) is 6.54 Å². The van der Waals surface area contributed by atoms with Gasteiger partial charge in [0.2, 0.25) is 0 Å². The molecular formula is C18H25NO2. The highest BCUT2D eigenvalue weighted by Crippen LogP contribution is 2.14. The van der Waals surface area contributed by atoms with Gasteiger partial charge >= 0.3 is 6.09 Å². The zero-order chi connectivity index (χ0) is 15.9. The number of hydrogen-bond acceptors (Lipinski definition) is 2. The fourth-order valence-electron chi connectivity index (χ4n) is 1.66. The summed E-state index contributed by atoms with van der Waals surface area (Å²) in [6.45, 7) is 10.4. The first kappa shape index (κ1) is 17.1. The second-order valence-electron chi connectivity index (χ2n) is 6.26. The van der Waals surface area contributed by atoms with Crippen molar-refractivity contribution in [2.24, 2.45) is 0 Å². The molecule has 0 aliphatic carbocycles. The van der Waals surface area contributed by atoms with Crippen molar-refractivity contribution in [3.63, 3.8) is 0 Å². The maximum Gasteiger partial charge on any atom is 0.407 e. The van der Waals surface area contributed by atoms with Crippen LogP contribution < -0.4 is 5.32 Å². The van der Waals surface area contributed by atoms with E-state index in [2.05, 4.69) is 43.1 Å². The Kier molecular flexibility index (Phi) is 6.30. The number of rotatable bonds is 3. The van der Waals surface area contributed by atoms with E-state index in [4.69, 9.17) is 4.74 Å². The molecule has 1 N–H and O–H groups in total. The van der Waals surface area contributed by atoms with Crippen LogP contribution in [0.15, 0.2) is 24.3 Å². The Morgan fingerprint density at radius 2 is 1.86 bits per heavy atom. The van der Waals surface area contributed by atoms with Crippen molar-refractivity contribution in [3.05, 3.63) is 35.4 Å². The summed E-state index contributed by atoms with van der Waals surface area (Å²) in [6.07, 6.45) is 0.205. The average molecular weight is 287 g/mol. The van der Waals surface area contributed by atoms with Crippen molar-refractivity contribution in [1.82, 2.24) is 5.32 Å².